The third-order valence-electron chi connectivity index (χ3n) is 7.56. The van der Waals surface area contributed by atoms with Crippen molar-refractivity contribution >= 4 is 17.7 Å². The van der Waals surface area contributed by atoms with Gasteiger partial charge in [-0.15, -0.1) is 5.10 Å². The van der Waals surface area contributed by atoms with E-state index in [0.29, 0.717) is 5.69 Å². The summed E-state index contributed by atoms with van der Waals surface area (Å²) in [4.78, 5) is 37.7. The number of carbonyl (C=O) groups is 3. The zero-order valence-electron chi connectivity index (χ0n) is 22.8. The number of Topliss-reactive ketones (excluding diaryl/α,β-unsaturated/α-hetero) is 1. The van der Waals surface area contributed by atoms with Crippen molar-refractivity contribution in [1.29, 1.82) is 0 Å². The Bertz CT molecular complexity index is 1420. The summed E-state index contributed by atoms with van der Waals surface area (Å²) in [5.74, 6) is -11.3. The van der Waals surface area contributed by atoms with Crippen molar-refractivity contribution in [2.45, 2.75) is 63.5 Å². The van der Waals surface area contributed by atoms with Crippen LogP contribution in [0.5, 0.6) is 5.75 Å². The molecule has 2 N–H and O–H groups in total. The Kier molecular flexibility index (Phi) is 9.59. The van der Waals surface area contributed by atoms with Gasteiger partial charge in [-0.2, -0.15) is 8.78 Å². The Balaban J connectivity index is 1.59. The Hall–Kier alpha value is -4.29. The van der Waals surface area contributed by atoms with Crippen molar-refractivity contribution in [2.24, 2.45) is 5.92 Å². The average molecular weight is 591 g/mol. The molecule has 1 saturated carbocycles. The zero-order valence-corrected chi connectivity index (χ0v) is 22.8. The van der Waals surface area contributed by atoms with E-state index in [2.05, 4.69) is 15.6 Å². The van der Waals surface area contributed by atoms with Gasteiger partial charge in [-0.3, -0.25) is 14.4 Å². The summed E-state index contributed by atoms with van der Waals surface area (Å²) in [6.07, 6.45) is 5.18. The van der Waals surface area contributed by atoms with Gasteiger partial charge in [0.25, 0.3) is 0 Å². The van der Waals surface area contributed by atoms with E-state index in [1.54, 1.807) is 6.92 Å². The molecule has 0 bridgehead atoms. The second kappa shape index (κ2) is 13.1. The largest absolute Gasteiger partial charge is 0.481 e. The first-order valence-electron chi connectivity index (χ1n) is 13.5. The molecule has 2 unspecified atom stereocenters. The van der Waals surface area contributed by atoms with Gasteiger partial charge in [0.05, 0.1) is 24.6 Å². The molecule has 224 valence electrons. The minimum atomic E-state index is -1.84. The van der Waals surface area contributed by atoms with Crippen LogP contribution in [-0.4, -0.2) is 44.4 Å². The second-order valence-corrected chi connectivity index (χ2v) is 10.5. The van der Waals surface area contributed by atoms with Gasteiger partial charge in [0, 0.05) is 6.07 Å². The molecule has 0 saturated heterocycles. The van der Waals surface area contributed by atoms with E-state index in [0.717, 1.165) is 42.3 Å². The minimum absolute atomic E-state index is 0.00846. The summed E-state index contributed by atoms with van der Waals surface area (Å²) in [6, 6.07) is 7.60. The van der Waals surface area contributed by atoms with E-state index < -0.39 is 65.4 Å². The predicted molar refractivity (Wildman–Crippen MR) is 140 cm³/mol. The first-order chi connectivity index (χ1) is 20.0. The molecular weight excluding hydrogens is 560 g/mol. The van der Waals surface area contributed by atoms with Gasteiger partial charge < -0.3 is 15.2 Å². The number of aliphatic carboxylic acids is 1. The number of hydrogen-bond donors (Lipinski definition) is 2. The lowest BCUT2D eigenvalue weighted by Crippen LogP contribution is -2.50. The molecule has 3 aromatic rings. The van der Waals surface area contributed by atoms with Gasteiger partial charge in [-0.25, -0.2) is 13.5 Å². The zero-order chi connectivity index (χ0) is 30.4. The number of halogens is 4. The highest BCUT2D eigenvalue weighted by atomic mass is 19.2. The maximum absolute atomic E-state index is 14.0. The first kappa shape index (κ1) is 30.7. The van der Waals surface area contributed by atoms with Crippen molar-refractivity contribution < 1.29 is 41.8 Å². The van der Waals surface area contributed by atoms with Crippen LogP contribution in [0, 0.1) is 29.2 Å². The number of benzene rings is 2. The third kappa shape index (κ3) is 6.94. The van der Waals surface area contributed by atoms with Crippen LogP contribution in [0.3, 0.4) is 0 Å². The molecular formula is C29H30F4N4O5. The van der Waals surface area contributed by atoms with Crippen molar-refractivity contribution in [3.8, 4) is 5.75 Å². The Morgan fingerprint density at radius 1 is 1.07 bits per heavy atom. The summed E-state index contributed by atoms with van der Waals surface area (Å²) in [5, 5.41) is 20.7. The maximum atomic E-state index is 14.0. The average Bonchev–Trinajstić information content (AvgIpc) is 3.46. The second-order valence-electron chi connectivity index (χ2n) is 10.5. The van der Waals surface area contributed by atoms with Gasteiger partial charge in [0.2, 0.25) is 17.5 Å². The number of aromatic nitrogens is 3. The highest BCUT2D eigenvalue weighted by Crippen LogP contribution is 2.39. The molecule has 1 fully saturated rings. The molecule has 0 radical (unpaired) electrons. The summed E-state index contributed by atoms with van der Waals surface area (Å²) in [6.45, 7) is 0.693. The van der Waals surface area contributed by atoms with Crippen molar-refractivity contribution in [3.05, 3.63) is 77.1 Å². The lowest BCUT2D eigenvalue weighted by Gasteiger charge is -2.39. The van der Waals surface area contributed by atoms with E-state index in [1.807, 2.05) is 30.3 Å². The highest BCUT2D eigenvalue weighted by molar-refractivity contribution is 5.87. The summed E-state index contributed by atoms with van der Waals surface area (Å²) in [5.41, 5.74) is 0.0930. The van der Waals surface area contributed by atoms with Gasteiger partial charge in [-0.05, 0) is 31.2 Å². The first-order valence-corrected chi connectivity index (χ1v) is 13.5. The van der Waals surface area contributed by atoms with Crippen LogP contribution in [0.2, 0.25) is 0 Å². The molecule has 1 heterocycles. The SMILES string of the molecule is CC(NC(=O)Cc1ccccc1)(c1cn(C(CC(=O)O)C(=O)COc2c(F)c(F)cc(F)c2F)nn1)C1CCCCC1. The fourth-order valence-corrected chi connectivity index (χ4v) is 5.28. The molecule has 4 rings (SSSR count). The van der Waals surface area contributed by atoms with Crippen LogP contribution >= 0.6 is 0 Å². The number of nitrogens with zero attached hydrogens (tertiary/aromatic N) is 3. The van der Waals surface area contributed by atoms with Gasteiger partial charge in [0.15, 0.2) is 23.2 Å². The Morgan fingerprint density at radius 2 is 1.71 bits per heavy atom. The van der Waals surface area contributed by atoms with Gasteiger partial charge in [0.1, 0.15) is 18.3 Å². The Morgan fingerprint density at radius 3 is 2.33 bits per heavy atom. The molecule has 1 amide bonds. The van der Waals surface area contributed by atoms with Crippen LogP contribution in [0.1, 0.15) is 62.7 Å². The molecule has 2 aromatic carbocycles. The van der Waals surface area contributed by atoms with E-state index in [-0.39, 0.29) is 24.3 Å². The molecule has 9 nitrogen and oxygen atoms in total. The van der Waals surface area contributed by atoms with Crippen molar-refractivity contribution in [1.82, 2.24) is 20.3 Å². The molecule has 13 heteroatoms. The molecule has 0 aliphatic heterocycles. The van der Waals surface area contributed by atoms with E-state index in [9.17, 15) is 37.1 Å². The van der Waals surface area contributed by atoms with Crippen LogP contribution in [0.25, 0.3) is 0 Å². The fourth-order valence-electron chi connectivity index (χ4n) is 5.28. The number of rotatable bonds is 12. The molecule has 1 aliphatic rings. The molecule has 1 aromatic heterocycles. The number of carbonyl (C=O) groups excluding carboxylic acids is 2. The summed E-state index contributed by atoms with van der Waals surface area (Å²) in [7, 11) is 0. The maximum Gasteiger partial charge on any atom is 0.305 e. The fraction of sp³-hybridized carbons (Fsp3) is 0.414. The number of carboxylic acid groups (broad SMARTS) is 1. The normalized spacial score (nSPS) is 15.9. The summed E-state index contributed by atoms with van der Waals surface area (Å²) >= 11 is 0. The van der Waals surface area contributed by atoms with E-state index in [4.69, 9.17) is 4.74 Å². The van der Waals surface area contributed by atoms with Gasteiger partial charge in [-0.1, -0.05) is 54.8 Å². The van der Waals surface area contributed by atoms with Crippen LogP contribution < -0.4 is 10.1 Å². The number of carboxylic acids is 1. The van der Waals surface area contributed by atoms with E-state index in [1.165, 1.54) is 6.20 Å². The number of nitrogens with one attached hydrogen (secondary N) is 1. The van der Waals surface area contributed by atoms with Crippen LogP contribution in [0.4, 0.5) is 17.6 Å². The van der Waals surface area contributed by atoms with Gasteiger partial charge >= 0.3 is 5.97 Å². The Labute approximate surface area is 238 Å². The number of amides is 1. The lowest BCUT2D eigenvalue weighted by molar-refractivity contribution is -0.140. The third-order valence-corrected chi connectivity index (χ3v) is 7.56. The smallest absolute Gasteiger partial charge is 0.305 e. The molecule has 1 aliphatic carbocycles. The number of ether oxygens (including phenoxy) is 1. The standard InChI is InChI=1S/C29H30F4N4O5/c1-29(18-10-6-3-7-11-18,34-24(39)12-17-8-4-2-5-9-17)23-15-37(36-35-23)21(14-25(40)41)22(38)16-42-28-26(32)19(30)13-20(31)27(28)33/h2,4-5,8-9,13,15,18,21H,3,6-7,10-12,14,16H2,1H3,(H,34,39)(H,40,41). The van der Waals surface area contributed by atoms with Crippen molar-refractivity contribution in [3.63, 3.8) is 0 Å². The molecule has 2 atom stereocenters. The monoisotopic (exact) mass is 590 g/mol. The summed E-state index contributed by atoms with van der Waals surface area (Å²) < 4.78 is 60.8. The van der Waals surface area contributed by atoms with Crippen LogP contribution in [0.15, 0.2) is 42.6 Å². The van der Waals surface area contributed by atoms with E-state index >= 15 is 0 Å². The predicted octanol–water partition coefficient (Wildman–Crippen LogP) is 4.65. The van der Waals surface area contributed by atoms with Crippen molar-refractivity contribution in [2.75, 3.05) is 6.61 Å². The molecule has 0 spiro atoms. The topological polar surface area (TPSA) is 123 Å². The molecule has 42 heavy (non-hydrogen) atoms. The van der Waals surface area contributed by atoms with Crippen LogP contribution in [-0.2, 0) is 26.3 Å². The number of ketones is 1. The lowest BCUT2D eigenvalue weighted by atomic mass is 9.74. The quantitative estimate of drug-likeness (QED) is 0.233. The number of hydrogen-bond acceptors (Lipinski definition) is 6. The highest BCUT2D eigenvalue weighted by Gasteiger charge is 2.41. The minimum Gasteiger partial charge on any atom is -0.481 e.